The topological polar surface area (TPSA) is 61.8 Å². The number of urea groups is 1. The summed E-state index contributed by atoms with van der Waals surface area (Å²) in [6.07, 6.45) is -0.548. The molecule has 5 nitrogen and oxygen atoms in total. The fraction of sp³-hybridized carbons (Fsp3) is 0.500. The van der Waals surface area contributed by atoms with Crippen molar-refractivity contribution < 1.29 is 14.6 Å². The van der Waals surface area contributed by atoms with E-state index in [2.05, 4.69) is 5.32 Å². The highest BCUT2D eigenvalue weighted by Gasteiger charge is 2.11. The zero-order chi connectivity index (χ0) is 14.3. The number of hydrogen-bond acceptors (Lipinski definition) is 3. The van der Waals surface area contributed by atoms with Crippen molar-refractivity contribution in [3.05, 3.63) is 29.8 Å². The van der Waals surface area contributed by atoms with E-state index in [1.807, 2.05) is 19.1 Å². The number of nitrogens with zero attached hydrogens (tertiary/aromatic N) is 1. The molecule has 0 bridgehead atoms. The maximum atomic E-state index is 12.0. The maximum Gasteiger partial charge on any atom is 0.321 e. The second-order valence-electron chi connectivity index (χ2n) is 4.30. The molecule has 0 aliphatic carbocycles. The molecule has 0 fully saturated rings. The number of nitrogens with one attached hydrogen (secondary N) is 1. The van der Waals surface area contributed by atoms with Crippen molar-refractivity contribution in [3.63, 3.8) is 0 Å². The molecule has 1 aromatic carbocycles. The summed E-state index contributed by atoms with van der Waals surface area (Å²) in [6.45, 7) is 5.29. The Labute approximate surface area is 114 Å². The van der Waals surface area contributed by atoms with E-state index in [1.54, 1.807) is 31.1 Å². The number of rotatable bonds is 6. The number of carbonyl (C=O) groups is 1. The Morgan fingerprint density at radius 1 is 1.53 bits per heavy atom. The van der Waals surface area contributed by atoms with Gasteiger partial charge in [-0.05, 0) is 31.5 Å². The minimum atomic E-state index is -0.548. The summed E-state index contributed by atoms with van der Waals surface area (Å²) in [5.41, 5.74) is 1.46. The van der Waals surface area contributed by atoms with E-state index in [-0.39, 0.29) is 6.03 Å². The second kappa shape index (κ2) is 7.76. The first-order chi connectivity index (χ1) is 9.08. The van der Waals surface area contributed by atoms with Crippen LogP contribution in [0.3, 0.4) is 0 Å². The first kappa shape index (κ1) is 15.5. The minimum Gasteiger partial charge on any atom is -0.389 e. The standard InChI is InChI=1S/C14H22N2O3/c1-4-16(8-9-19-3)14(18)15-13-7-5-6-12(10-13)11(2)17/h5-7,10-11,17H,4,8-9H2,1-3H3,(H,15,18). The number of aliphatic hydroxyl groups excluding tert-OH is 1. The van der Waals surface area contributed by atoms with Crippen molar-refractivity contribution >= 4 is 11.7 Å². The second-order valence-corrected chi connectivity index (χ2v) is 4.30. The Morgan fingerprint density at radius 2 is 2.26 bits per heavy atom. The van der Waals surface area contributed by atoms with Gasteiger partial charge in [-0.1, -0.05) is 12.1 Å². The lowest BCUT2D eigenvalue weighted by molar-refractivity contribution is 0.157. The van der Waals surface area contributed by atoms with Gasteiger partial charge in [0.15, 0.2) is 0 Å². The van der Waals surface area contributed by atoms with E-state index in [4.69, 9.17) is 4.74 Å². The summed E-state index contributed by atoms with van der Waals surface area (Å²) < 4.78 is 4.97. The van der Waals surface area contributed by atoms with Crippen molar-refractivity contribution in [3.8, 4) is 0 Å². The van der Waals surface area contributed by atoms with E-state index in [1.165, 1.54) is 0 Å². The molecule has 0 aliphatic rings. The van der Waals surface area contributed by atoms with Crippen LogP contribution in [0.15, 0.2) is 24.3 Å². The molecule has 1 rings (SSSR count). The van der Waals surface area contributed by atoms with Crippen LogP contribution in [0.5, 0.6) is 0 Å². The number of likely N-dealkylation sites (N-methyl/N-ethyl adjacent to an activating group) is 1. The predicted octanol–water partition coefficient (Wildman–Crippen LogP) is 2.24. The van der Waals surface area contributed by atoms with Crippen LogP contribution >= 0.6 is 0 Å². The Morgan fingerprint density at radius 3 is 2.84 bits per heavy atom. The molecule has 0 saturated heterocycles. The molecular formula is C14H22N2O3. The molecule has 0 aliphatic heterocycles. The van der Waals surface area contributed by atoms with Crippen molar-refractivity contribution in [2.24, 2.45) is 0 Å². The Kier molecular flexibility index (Phi) is 6.32. The first-order valence-electron chi connectivity index (χ1n) is 6.41. The van der Waals surface area contributed by atoms with Crippen LogP contribution in [0.25, 0.3) is 0 Å². The highest BCUT2D eigenvalue weighted by Crippen LogP contribution is 2.17. The van der Waals surface area contributed by atoms with Crippen molar-refractivity contribution in [2.75, 3.05) is 32.1 Å². The minimum absolute atomic E-state index is 0.165. The quantitative estimate of drug-likeness (QED) is 0.830. The van der Waals surface area contributed by atoms with Crippen molar-refractivity contribution in [2.45, 2.75) is 20.0 Å². The molecule has 0 saturated carbocycles. The summed E-state index contributed by atoms with van der Waals surface area (Å²) >= 11 is 0. The molecule has 106 valence electrons. The van der Waals surface area contributed by atoms with Crippen LogP contribution in [-0.4, -0.2) is 42.8 Å². The third kappa shape index (κ3) is 4.89. The largest absolute Gasteiger partial charge is 0.389 e. The first-order valence-corrected chi connectivity index (χ1v) is 6.41. The summed E-state index contributed by atoms with van der Waals surface area (Å²) in [5.74, 6) is 0. The van der Waals surface area contributed by atoms with Crippen LogP contribution in [-0.2, 0) is 4.74 Å². The molecule has 0 spiro atoms. The van der Waals surface area contributed by atoms with Gasteiger partial charge in [-0.2, -0.15) is 0 Å². The number of benzene rings is 1. The van der Waals surface area contributed by atoms with Gasteiger partial charge < -0.3 is 20.1 Å². The fourth-order valence-electron chi connectivity index (χ4n) is 1.68. The molecule has 0 heterocycles. The van der Waals surface area contributed by atoms with E-state index >= 15 is 0 Å². The predicted molar refractivity (Wildman–Crippen MR) is 75.2 cm³/mol. The third-order valence-electron chi connectivity index (χ3n) is 2.85. The normalized spacial score (nSPS) is 12.0. The number of aliphatic hydroxyl groups is 1. The van der Waals surface area contributed by atoms with E-state index in [0.29, 0.717) is 25.4 Å². The Balaban J connectivity index is 2.67. The van der Waals surface area contributed by atoms with Gasteiger partial charge in [-0.3, -0.25) is 0 Å². The lowest BCUT2D eigenvalue weighted by Gasteiger charge is -2.21. The third-order valence-corrected chi connectivity index (χ3v) is 2.85. The highest BCUT2D eigenvalue weighted by molar-refractivity contribution is 5.89. The van der Waals surface area contributed by atoms with Gasteiger partial charge in [0.2, 0.25) is 0 Å². The van der Waals surface area contributed by atoms with Gasteiger partial charge in [0.25, 0.3) is 0 Å². The number of carbonyl (C=O) groups excluding carboxylic acids is 1. The van der Waals surface area contributed by atoms with E-state index in [9.17, 15) is 9.90 Å². The monoisotopic (exact) mass is 266 g/mol. The molecule has 0 aromatic heterocycles. The van der Waals surface area contributed by atoms with Crippen LogP contribution < -0.4 is 5.32 Å². The average Bonchev–Trinajstić information content (AvgIpc) is 2.40. The van der Waals surface area contributed by atoms with E-state index in [0.717, 1.165) is 5.56 Å². The molecule has 1 atom stereocenters. The number of methoxy groups -OCH3 is 1. The van der Waals surface area contributed by atoms with Gasteiger partial charge in [-0.15, -0.1) is 0 Å². The number of anilines is 1. The molecular weight excluding hydrogens is 244 g/mol. The van der Waals surface area contributed by atoms with Crippen LogP contribution in [0.4, 0.5) is 10.5 Å². The number of ether oxygens (including phenoxy) is 1. The van der Waals surface area contributed by atoms with Gasteiger partial charge in [0, 0.05) is 25.9 Å². The van der Waals surface area contributed by atoms with Crippen LogP contribution in [0.1, 0.15) is 25.5 Å². The zero-order valence-electron chi connectivity index (χ0n) is 11.7. The molecule has 0 radical (unpaired) electrons. The van der Waals surface area contributed by atoms with Crippen LogP contribution in [0.2, 0.25) is 0 Å². The van der Waals surface area contributed by atoms with E-state index < -0.39 is 6.10 Å². The highest BCUT2D eigenvalue weighted by atomic mass is 16.5. The molecule has 2 N–H and O–H groups in total. The molecule has 1 unspecified atom stereocenters. The smallest absolute Gasteiger partial charge is 0.321 e. The fourth-order valence-corrected chi connectivity index (χ4v) is 1.68. The van der Waals surface area contributed by atoms with Crippen molar-refractivity contribution in [1.82, 2.24) is 4.90 Å². The van der Waals surface area contributed by atoms with Crippen molar-refractivity contribution in [1.29, 1.82) is 0 Å². The van der Waals surface area contributed by atoms with Crippen LogP contribution in [0, 0.1) is 0 Å². The maximum absolute atomic E-state index is 12.0. The van der Waals surface area contributed by atoms with Gasteiger partial charge in [0.1, 0.15) is 0 Å². The number of hydrogen-bond donors (Lipinski definition) is 2. The summed E-state index contributed by atoms with van der Waals surface area (Å²) in [6, 6.07) is 7.04. The molecule has 1 aromatic rings. The Hall–Kier alpha value is -1.59. The molecule has 2 amide bonds. The average molecular weight is 266 g/mol. The number of amides is 2. The molecule has 5 heteroatoms. The Bertz CT molecular complexity index is 407. The zero-order valence-corrected chi connectivity index (χ0v) is 11.7. The SMILES string of the molecule is CCN(CCOC)C(=O)Nc1cccc(C(C)O)c1. The van der Waals surface area contributed by atoms with Gasteiger partial charge in [-0.25, -0.2) is 4.79 Å². The summed E-state index contributed by atoms with van der Waals surface area (Å²) in [5, 5.41) is 12.3. The lowest BCUT2D eigenvalue weighted by atomic mass is 10.1. The lowest BCUT2D eigenvalue weighted by Crippen LogP contribution is -2.37. The summed E-state index contributed by atoms with van der Waals surface area (Å²) in [4.78, 5) is 13.7. The van der Waals surface area contributed by atoms with Gasteiger partial charge >= 0.3 is 6.03 Å². The van der Waals surface area contributed by atoms with Gasteiger partial charge in [0.05, 0.1) is 12.7 Å². The summed E-state index contributed by atoms with van der Waals surface area (Å²) in [7, 11) is 1.61. The molecule has 19 heavy (non-hydrogen) atoms.